The summed E-state index contributed by atoms with van der Waals surface area (Å²) in [6, 6.07) is 5.60. The van der Waals surface area contributed by atoms with E-state index in [1.54, 1.807) is 38.1 Å². The standard InChI is InChI=1S/C22H32N4O5S/c1-13(2)18(21(29)24-16(22(30)31)11-14-7-4-3-5-8-14)26-20(28)17(12-32)25-19(27)15-9-6-10-23-15/h3-5,7-8,13,15-18,23,32H,6,9-12H2,1-2H3,(H,24,29)(H,25,27)(H,26,28)(H,30,31). The predicted molar refractivity (Wildman–Crippen MR) is 123 cm³/mol. The van der Waals surface area contributed by atoms with Crippen molar-refractivity contribution in [2.24, 2.45) is 5.92 Å². The molecule has 0 aliphatic carbocycles. The fraction of sp³-hybridized carbons (Fsp3) is 0.545. The molecule has 1 aliphatic rings. The van der Waals surface area contributed by atoms with Gasteiger partial charge < -0.3 is 26.4 Å². The molecule has 1 saturated heterocycles. The SMILES string of the molecule is CC(C)C(NC(=O)C(CS)NC(=O)C1CCCN1)C(=O)NC(Cc1ccccc1)C(=O)O. The molecule has 0 saturated carbocycles. The van der Waals surface area contributed by atoms with Crippen LogP contribution in [0.25, 0.3) is 0 Å². The van der Waals surface area contributed by atoms with Gasteiger partial charge in [0.2, 0.25) is 17.7 Å². The van der Waals surface area contributed by atoms with Crippen LogP contribution in [0.15, 0.2) is 30.3 Å². The Bertz CT molecular complexity index is 799. The maximum absolute atomic E-state index is 12.9. The first-order chi connectivity index (χ1) is 15.2. The average molecular weight is 465 g/mol. The number of carboxylic acid groups (broad SMARTS) is 1. The molecule has 4 atom stereocenters. The number of rotatable bonds is 11. The summed E-state index contributed by atoms with van der Waals surface area (Å²) in [6.07, 6.45) is 1.70. The summed E-state index contributed by atoms with van der Waals surface area (Å²) in [4.78, 5) is 49.6. The molecular formula is C22H32N4O5S. The third-order valence-electron chi connectivity index (χ3n) is 5.34. The summed E-state index contributed by atoms with van der Waals surface area (Å²) in [7, 11) is 0. The van der Waals surface area contributed by atoms with Gasteiger partial charge in [-0.1, -0.05) is 44.2 Å². The molecule has 0 aromatic heterocycles. The van der Waals surface area contributed by atoms with E-state index in [1.807, 2.05) is 6.07 Å². The van der Waals surface area contributed by atoms with Gasteiger partial charge in [0, 0.05) is 12.2 Å². The van der Waals surface area contributed by atoms with Gasteiger partial charge in [0.15, 0.2) is 0 Å². The Hall–Kier alpha value is -2.59. The number of hydrogen-bond donors (Lipinski definition) is 6. The van der Waals surface area contributed by atoms with Crippen molar-refractivity contribution in [1.29, 1.82) is 0 Å². The lowest BCUT2D eigenvalue weighted by Gasteiger charge is -2.26. The highest BCUT2D eigenvalue weighted by Gasteiger charge is 2.32. The van der Waals surface area contributed by atoms with Gasteiger partial charge >= 0.3 is 5.97 Å². The molecule has 1 aromatic rings. The van der Waals surface area contributed by atoms with Crippen molar-refractivity contribution < 1.29 is 24.3 Å². The van der Waals surface area contributed by atoms with Crippen LogP contribution in [0.2, 0.25) is 0 Å². The molecule has 9 nitrogen and oxygen atoms in total. The Balaban J connectivity index is 2.01. The number of carboxylic acids is 1. The smallest absolute Gasteiger partial charge is 0.326 e. The number of carbonyl (C=O) groups is 4. The molecule has 1 heterocycles. The monoisotopic (exact) mass is 464 g/mol. The average Bonchev–Trinajstić information content (AvgIpc) is 3.30. The molecule has 1 fully saturated rings. The minimum atomic E-state index is -1.17. The number of amides is 3. The van der Waals surface area contributed by atoms with Gasteiger partial charge in [-0.2, -0.15) is 12.6 Å². The second-order valence-corrected chi connectivity index (χ2v) is 8.58. The summed E-state index contributed by atoms with van der Waals surface area (Å²) >= 11 is 4.16. The van der Waals surface area contributed by atoms with Crippen LogP contribution >= 0.6 is 12.6 Å². The maximum Gasteiger partial charge on any atom is 0.326 e. The largest absolute Gasteiger partial charge is 0.480 e. The summed E-state index contributed by atoms with van der Waals surface area (Å²) < 4.78 is 0. The second-order valence-electron chi connectivity index (χ2n) is 8.21. The molecule has 1 aromatic carbocycles. The first-order valence-corrected chi connectivity index (χ1v) is 11.4. The van der Waals surface area contributed by atoms with Gasteiger partial charge in [-0.15, -0.1) is 0 Å². The highest BCUT2D eigenvalue weighted by Crippen LogP contribution is 2.08. The van der Waals surface area contributed by atoms with Gasteiger partial charge in [-0.25, -0.2) is 4.79 Å². The molecule has 4 unspecified atom stereocenters. The molecule has 32 heavy (non-hydrogen) atoms. The normalized spacial score (nSPS) is 18.4. The van der Waals surface area contributed by atoms with Crippen LogP contribution in [0.1, 0.15) is 32.3 Å². The molecule has 0 spiro atoms. The number of thiol groups is 1. The Morgan fingerprint density at radius 2 is 1.75 bits per heavy atom. The molecule has 2 rings (SSSR count). The van der Waals surface area contributed by atoms with Gasteiger partial charge in [-0.05, 0) is 30.9 Å². The number of benzene rings is 1. The van der Waals surface area contributed by atoms with Crippen LogP contribution in [0.3, 0.4) is 0 Å². The van der Waals surface area contributed by atoms with Crippen molar-refractivity contribution in [1.82, 2.24) is 21.3 Å². The van der Waals surface area contributed by atoms with E-state index in [1.165, 1.54) is 0 Å². The van der Waals surface area contributed by atoms with Crippen molar-refractivity contribution in [3.8, 4) is 0 Å². The van der Waals surface area contributed by atoms with Crippen LogP contribution in [0.5, 0.6) is 0 Å². The Morgan fingerprint density at radius 3 is 2.28 bits per heavy atom. The van der Waals surface area contributed by atoms with E-state index < -0.39 is 35.9 Å². The zero-order chi connectivity index (χ0) is 23.7. The number of aliphatic carboxylic acids is 1. The van der Waals surface area contributed by atoms with Crippen LogP contribution in [-0.4, -0.2) is 65.3 Å². The summed E-state index contributed by atoms with van der Waals surface area (Å²) in [5, 5.41) is 20.5. The molecule has 5 N–H and O–H groups in total. The van der Waals surface area contributed by atoms with Crippen molar-refractivity contribution in [3.05, 3.63) is 35.9 Å². The van der Waals surface area contributed by atoms with Crippen molar-refractivity contribution >= 4 is 36.3 Å². The van der Waals surface area contributed by atoms with Crippen LogP contribution in [-0.2, 0) is 25.6 Å². The van der Waals surface area contributed by atoms with E-state index in [4.69, 9.17) is 0 Å². The first kappa shape index (κ1) is 25.7. The zero-order valence-corrected chi connectivity index (χ0v) is 19.2. The second kappa shape index (κ2) is 12.4. The Kier molecular flexibility index (Phi) is 9.98. The van der Waals surface area contributed by atoms with Crippen LogP contribution in [0.4, 0.5) is 0 Å². The molecule has 0 bridgehead atoms. The third-order valence-corrected chi connectivity index (χ3v) is 5.70. The van der Waals surface area contributed by atoms with Gasteiger partial charge in [-0.3, -0.25) is 14.4 Å². The van der Waals surface area contributed by atoms with E-state index in [0.717, 1.165) is 18.5 Å². The van der Waals surface area contributed by atoms with Crippen molar-refractivity contribution in [2.75, 3.05) is 12.3 Å². The summed E-state index contributed by atoms with van der Waals surface area (Å²) in [5.74, 6) is -2.84. The highest BCUT2D eigenvalue weighted by molar-refractivity contribution is 7.80. The van der Waals surface area contributed by atoms with E-state index in [9.17, 15) is 24.3 Å². The van der Waals surface area contributed by atoms with E-state index in [2.05, 4.69) is 33.9 Å². The summed E-state index contributed by atoms with van der Waals surface area (Å²) in [5.41, 5.74) is 0.767. The zero-order valence-electron chi connectivity index (χ0n) is 18.3. The van der Waals surface area contributed by atoms with Crippen molar-refractivity contribution in [2.45, 2.75) is 57.3 Å². The highest BCUT2D eigenvalue weighted by atomic mass is 32.1. The minimum Gasteiger partial charge on any atom is -0.480 e. The van der Waals surface area contributed by atoms with Crippen molar-refractivity contribution in [3.63, 3.8) is 0 Å². The van der Waals surface area contributed by atoms with Crippen LogP contribution in [0, 0.1) is 5.92 Å². The van der Waals surface area contributed by atoms with E-state index >= 15 is 0 Å². The topological polar surface area (TPSA) is 137 Å². The van der Waals surface area contributed by atoms with E-state index in [-0.39, 0.29) is 30.0 Å². The molecule has 176 valence electrons. The number of carbonyl (C=O) groups excluding carboxylic acids is 3. The minimum absolute atomic E-state index is 0.0580. The Morgan fingerprint density at radius 1 is 1.06 bits per heavy atom. The van der Waals surface area contributed by atoms with Gasteiger partial charge in [0.1, 0.15) is 18.1 Å². The lowest BCUT2D eigenvalue weighted by Crippen LogP contribution is -2.59. The number of hydrogen-bond acceptors (Lipinski definition) is 6. The Labute approximate surface area is 193 Å². The maximum atomic E-state index is 12.9. The molecule has 0 radical (unpaired) electrons. The third kappa shape index (κ3) is 7.52. The molecule has 3 amide bonds. The van der Waals surface area contributed by atoms with Gasteiger partial charge in [0.05, 0.1) is 6.04 Å². The lowest BCUT2D eigenvalue weighted by molar-refractivity contribution is -0.142. The first-order valence-electron chi connectivity index (χ1n) is 10.7. The van der Waals surface area contributed by atoms with Gasteiger partial charge in [0.25, 0.3) is 0 Å². The quantitative estimate of drug-likeness (QED) is 0.257. The lowest BCUT2D eigenvalue weighted by atomic mass is 10.0. The van der Waals surface area contributed by atoms with E-state index in [0.29, 0.717) is 6.42 Å². The fourth-order valence-electron chi connectivity index (χ4n) is 3.47. The molecule has 10 heteroatoms. The predicted octanol–water partition coefficient (Wildman–Crippen LogP) is 0.106. The van der Waals surface area contributed by atoms with Crippen LogP contribution < -0.4 is 21.3 Å². The molecular weight excluding hydrogens is 432 g/mol. The fourth-order valence-corrected chi connectivity index (χ4v) is 3.73. The molecule has 1 aliphatic heterocycles. The number of nitrogens with one attached hydrogen (secondary N) is 4. The summed E-state index contributed by atoms with van der Waals surface area (Å²) in [6.45, 7) is 4.24.